The number of ether oxygens (including phenoxy) is 1. The fraction of sp³-hybridized carbons (Fsp3) is 0.583. The van der Waals surface area contributed by atoms with Crippen molar-refractivity contribution in [1.29, 1.82) is 5.26 Å². The van der Waals surface area contributed by atoms with E-state index in [0.717, 1.165) is 11.3 Å². The molecular formula is C12H18N2O3S2. The van der Waals surface area contributed by atoms with Gasteiger partial charge >= 0.3 is 0 Å². The minimum atomic E-state index is -3.59. The van der Waals surface area contributed by atoms with Crippen LogP contribution in [0.5, 0.6) is 0 Å². The van der Waals surface area contributed by atoms with Gasteiger partial charge in [-0.15, -0.1) is 11.3 Å². The molecule has 0 amide bonds. The summed E-state index contributed by atoms with van der Waals surface area (Å²) in [4.78, 5) is 0.381. The first kappa shape index (κ1) is 16.1. The van der Waals surface area contributed by atoms with Crippen molar-refractivity contribution in [2.45, 2.75) is 31.0 Å². The molecule has 0 saturated carbocycles. The van der Waals surface area contributed by atoms with Gasteiger partial charge in [-0.05, 0) is 25.0 Å². The Labute approximate surface area is 118 Å². The second kappa shape index (κ2) is 7.01. The third-order valence-electron chi connectivity index (χ3n) is 2.57. The second-order valence-corrected chi connectivity index (χ2v) is 7.39. The average molecular weight is 302 g/mol. The maximum Gasteiger partial charge on any atom is 0.250 e. The highest BCUT2D eigenvalue weighted by Crippen LogP contribution is 2.21. The molecule has 1 aromatic rings. The lowest BCUT2D eigenvalue weighted by atomic mass is 10.1. The van der Waals surface area contributed by atoms with Crippen LogP contribution in [0.15, 0.2) is 16.3 Å². The predicted molar refractivity (Wildman–Crippen MR) is 74.5 cm³/mol. The number of nitriles is 1. The molecule has 0 aliphatic carbocycles. The molecule has 1 aromatic heterocycles. The lowest BCUT2D eigenvalue weighted by Gasteiger charge is -2.21. The highest BCUT2D eigenvalue weighted by Gasteiger charge is 2.24. The summed E-state index contributed by atoms with van der Waals surface area (Å²) in [7, 11) is -3.59. The molecule has 0 bridgehead atoms. The molecular weight excluding hydrogens is 284 g/mol. The number of rotatable bonds is 7. The van der Waals surface area contributed by atoms with Gasteiger partial charge in [-0.2, -0.15) is 5.26 Å². The molecule has 1 rings (SSSR count). The lowest BCUT2D eigenvalue weighted by Crippen LogP contribution is -2.41. The fourth-order valence-electron chi connectivity index (χ4n) is 1.39. The van der Waals surface area contributed by atoms with Gasteiger partial charge in [0.1, 0.15) is 15.2 Å². The van der Waals surface area contributed by atoms with Crippen molar-refractivity contribution in [2.24, 2.45) is 5.92 Å². The van der Waals surface area contributed by atoms with Gasteiger partial charge in [0.05, 0.1) is 6.61 Å². The molecule has 0 saturated heterocycles. The smallest absolute Gasteiger partial charge is 0.250 e. The summed E-state index contributed by atoms with van der Waals surface area (Å²) in [5.41, 5.74) is 0. The van der Waals surface area contributed by atoms with Gasteiger partial charge < -0.3 is 4.74 Å². The molecule has 1 heterocycles. The molecule has 5 nitrogen and oxygen atoms in total. The number of hydrogen-bond donors (Lipinski definition) is 1. The van der Waals surface area contributed by atoms with Gasteiger partial charge in [-0.1, -0.05) is 13.8 Å². The monoisotopic (exact) mass is 302 g/mol. The number of nitrogens with one attached hydrogen (secondary N) is 1. The largest absolute Gasteiger partial charge is 0.380 e. The van der Waals surface area contributed by atoms with Crippen LogP contribution in [0.4, 0.5) is 0 Å². The Bertz CT molecular complexity index is 544. The van der Waals surface area contributed by atoms with Crippen molar-refractivity contribution < 1.29 is 13.2 Å². The highest BCUT2D eigenvalue weighted by atomic mass is 32.2. The van der Waals surface area contributed by atoms with Crippen molar-refractivity contribution in [3.63, 3.8) is 0 Å². The summed E-state index contributed by atoms with van der Waals surface area (Å²) >= 11 is 0.965. The van der Waals surface area contributed by atoms with E-state index in [1.54, 1.807) is 0 Å². The highest BCUT2D eigenvalue weighted by molar-refractivity contribution is 7.91. The summed E-state index contributed by atoms with van der Waals surface area (Å²) in [6, 6.07) is 4.61. The van der Waals surface area contributed by atoms with Crippen LogP contribution < -0.4 is 4.72 Å². The summed E-state index contributed by atoms with van der Waals surface area (Å²) in [5, 5.41) is 8.73. The van der Waals surface area contributed by atoms with Crippen molar-refractivity contribution in [1.82, 2.24) is 4.72 Å². The second-order valence-electron chi connectivity index (χ2n) is 4.36. The quantitative estimate of drug-likeness (QED) is 0.835. The molecule has 106 valence electrons. The zero-order valence-corrected chi connectivity index (χ0v) is 12.8. The lowest BCUT2D eigenvalue weighted by molar-refractivity contribution is 0.116. The van der Waals surface area contributed by atoms with Crippen LogP contribution in [0.3, 0.4) is 0 Å². The first-order valence-corrected chi connectivity index (χ1v) is 8.30. The van der Waals surface area contributed by atoms with Crippen molar-refractivity contribution in [2.75, 3.05) is 13.2 Å². The third-order valence-corrected chi connectivity index (χ3v) is 5.54. The maximum absolute atomic E-state index is 12.2. The Morgan fingerprint density at radius 1 is 1.47 bits per heavy atom. The van der Waals surface area contributed by atoms with Crippen LogP contribution in [0.1, 0.15) is 25.6 Å². The van der Waals surface area contributed by atoms with Gasteiger partial charge in [0, 0.05) is 12.6 Å². The molecule has 0 aromatic carbocycles. The van der Waals surface area contributed by atoms with Crippen molar-refractivity contribution >= 4 is 21.4 Å². The van der Waals surface area contributed by atoms with E-state index in [1.165, 1.54) is 12.1 Å². The predicted octanol–water partition coefficient (Wildman–Crippen LogP) is 1.96. The van der Waals surface area contributed by atoms with Crippen molar-refractivity contribution in [3.05, 3.63) is 17.0 Å². The van der Waals surface area contributed by atoms with E-state index < -0.39 is 10.0 Å². The van der Waals surface area contributed by atoms with Gasteiger partial charge in [0.25, 0.3) is 0 Å². The van der Waals surface area contributed by atoms with Gasteiger partial charge in [0.2, 0.25) is 10.0 Å². The maximum atomic E-state index is 12.2. The fourth-order valence-corrected chi connectivity index (χ4v) is 3.88. The van der Waals surface area contributed by atoms with E-state index in [1.807, 2.05) is 26.8 Å². The molecule has 1 unspecified atom stereocenters. The summed E-state index contributed by atoms with van der Waals surface area (Å²) in [5.74, 6) is 0.122. The average Bonchev–Trinajstić information content (AvgIpc) is 2.83. The van der Waals surface area contributed by atoms with Crippen LogP contribution >= 0.6 is 11.3 Å². The molecule has 1 N–H and O–H groups in total. The van der Waals surface area contributed by atoms with Crippen molar-refractivity contribution in [3.8, 4) is 6.07 Å². The Morgan fingerprint density at radius 3 is 2.63 bits per heavy atom. The number of hydrogen-bond acceptors (Lipinski definition) is 5. The molecule has 0 radical (unpaired) electrons. The standard InChI is InChI=1S/C12H18N2O3S2/c1-4-17-8-11(9(2)3)14-19(15,16)12-6-5-10(7-13)18-12/h5-6,9,11,14H,4,8H2,1-3H3. The molecule has 0 spiro atoms. The molecule has 7 heteroatoms. The van der Waals surface area contributed by atoms with E-state index >= 15 is 0 Å². The molecule has 0 fully saturated rings. The Balaban J connectivity index is 2.85. The normalized spacial score (nSPS) is 13.4. The number of thiophene rings is 1. The van der Waals surface area contributed by atoms with E-state index in [0.29, 0.717) is 18.1 Å². The third kappa shape index (κ3) is 4.58. The zero-order valence-electron chi connectivity index (χ0n) is 11.2. The van der Waals surface area contributed by atoms with Crippen LogP contribution in [0.25, 0.3) is 0 Å². The van der Waals surface area contributed by atoms with E-state index in [-0.39, 0.29) is 16.2 Å². The van der Waals surface area contributed by atoms with Crippen LogP contribution in [0.2, 0.25) is 0 Å². The minimum absolute atomic E-state index is 0.122. The van der Waals surface area contributed by atoms with E-state index in [9.17, 15) is 8.42 Å². The van der Waals surface area contributed by atoms with E-state index in [4.69, 9.17) is 10.00 Å². The van der Waals surface area contributed by atoms with E-state index in [2.05, 4.69) is 4.72 Å². The minimum Gasteiger partial charge on any atom is -0.380 e. The SMILES string of the molecule is CCOCC(NS(=O)(=O)c1ccc(C#N)s1)C(C)C. The molecule has 0 aliphatic heterocycles. The number of nitrogens with zero attached hydrogens (tertiary/aromatic N) is 1. The summed E-state index contributed by atoms with van der Waals surface area (Å²) in [6.45, 7) is 6.61. The van der Waals surface area contributed by atoms with Crippen LogP contribution in [-0.4, -0.2) is 27.7 Å². The first-order valence-electron chi connectivity index (χ1n) is 6.00. The van der Waals surface area contributed by atoms with Gasteiger partial charge in [0.15, 0.2) is 0 Å². The Morgan fingerprint density at radius 2 is 2.16 bits per heavy atom. The zero-order chi connectivity index (χ0) is 14.5. The first-order chi connectivity index (χ1) is 8.90. The molecule has 1 atom stereocenters. The number of sulfonamides is 1. The summed E-state index contributed by atoms with van der Waals surface area (Å²) in [6.07, 6.45) is 0. The van der Waals surface area contributed by atoms with Gasteiger partial charge in [-0.3, -0.25) is 0 Å². The van der Waals surface area contributed by atoms with Crippen LogP contribution in [-0.2, 0) is 14.8 Å². The van der Waals surface area contributed by atoms with Gasteiger partial charge in [-0.25, -0.2) is 13.1 Å². The Kier molecular flexibility index (Phi) is 5.94. The van der Waals surface area contributed by atoms with Crippen LogP contribution in [0, 0.1) is 17.2 Å². The molecule has 0 aliphatic rings. The Hall–Kier alpha value is -0.940. The topological polar surface area (TPSA) is 79.2 Å². The summed E-state index contributed by atoms with van der Waals surface area (Å²) < 4.78 is 32.4. The molecule has 19 heavy (non-hydrogen) atoms.